The minimum atomic E-state index is -4.63. The minimum Gasteiger partial charge on any atom is -0.493 e. The summed E-state index contributed by atoms with van der Waals surface area (Å²) in [6.45, 7) is 11.1. The Balaban J connectivity index is 1.71. The number of carbonyl (C=O) groups is 1. The van der Waals surface area contributed by atoms with Gasteiger partial charge in [-0.15, -0.1) is 11.3 Å². The molecule has 0 saturated carbocycles. The number of ether oxygens (including phenoxy) is 2. The van der Waals surface area contributed by atoms with E-state index >= 15 is 0 Å². The predicted molar refractivity (Wildman–Crippen MR) is 175 cm³/mol. The van der Waals surface area contributed by atoms with Crippen LogP contribution in [-0.4, -0.2) is 36.4 Å². The highest BCUT2D eigenvalue weighted by Gasteiger charge is 2.48. The van der Waals surface area contributed by atoms with E-state index in [0.717, 1.165) is 27.8 Å². The summed E-state index contributed by atoms with van der Waals surface area (Å²) < 4.78 is 53.6. The van der Waals surface area contributed by atoms with Crippen LogP contribution < -0.4 is 16.2 Å². The molecule has 44 heavy (non-hydrogen) atoms. The lowest BCUT2D eigenvalue weighted by Crippen LogP contribution is -2.59. The molecule has 1 heterocycles. The highest BCUT2D eigenvalue weighted by Crippen LogP contribution is 2.39. The summed E-state index contributed by atoms with van der Waals surface area (Å²) in [4.78, 5) is 14.1. The molecule has 0 fully saturated rings. The third-order valence-electron chi connectivity index (χ3n) is 8.47. The van der Waals surface area contributed by atoms with Crippen molar-refractivity contribution < 1.29 is 27.4 Å². The molecule has 0 aliphatic rings. The van der Waals surface area contributed by atoms with E-state index in [1.54, 1.807) is 58.1 Å². The number of halogens is 3. The first kappa shape index (κ1) is 35.9. The van der Waals surface area contributed by atoms with E-state index in [-0.39, 0.29) is 6.42 Å². The first-order valence-corrected chi connectivity index (χ1v) is 16.3. The van der Waals surface area contributed by atoms with Crippen molar-refractivity contribution in [2.75, 3.05) is 13.2 Å². The smallest absolute Gasteiger partial charge is 0.398 e. The molecule has 0 bridgehead atoms. The summed E-state index contributed by atoms with van der Waals surface area (Å²) in [5.74, 6) is -2.49. The average molecular weight is 635 g/mol. The first-order chi connectivity index (χ1) is 20.4. The number of hydrogen-bond donors (Lipinski definition) is 2. The van der Waals surface area contributed by atoms with Crippen molar-refractivity contribution in [3.8, 4) is 16.2 Å². The lowest BCUT2D eigenvalue weighted by Gasteiger charge is -2.42. The van der Waals surface area contributed by atoms with Crippen LogP contribution in [0.5, 0.6) is 5.75 Å². The Hall–Kier alpha value is -2.62. The molecule has 0 aliphatic carbocycles. The fraction of sp³-hybridized carbons (Fsp3) is 0.571. The van der Waals surface area contributed by atoms with Crippen molar-refractivity contribution in [1.29, 1.82) is 0 Å². The second kappa shape index (κ2) is 14.2. The Morgan fingerprint density at radius 1 is 0.932 bits per heavy atom. The van der Waals surface area contributed by atoms with Gasteiger partial charge in [0, 0.05) is 20.7 Å². The monoisotopic (exact) mass is 634 g/mol. The number of hydrogen-bond acceptors (Lipinski definition) is 6. The normalized spacial score (nSPS) is 14.8. The molecule has 1 aromatic heterocycles. The topological polar surface area (TPSA) is 87.6 Å². The van der Waals surface area contributed by atoms with Gasteiger partial charge in [-0.2, -0.15) is 13.2 Å². The van der Waals surface area contributed by atoms with E-state index in [1.165, 1.54) is 36.0 Å². The minimum absolute atomic E-state index is 0.269. The van der Waals surface area contributed by atoms with Crippen LogP contribution in [0.2, 0.25) is 0 Å². The second-order valence-electron chi connectivity index (χ2n) is 13.5. The molecule has 3 rings (SSSR count). The van der Waals surface area contributed by atoms with Gasteiger partial charge in [-0.1, -0.05) is 44.9 Å². The molecular weight excluding hydrogens is 585 g/mol. The maximum Gasteiger partial charge on any atom is 0.398 e. The van der Waals surface area contributed by atoms with Crippen LogP contribution in [0.4, 0.5) is 13.2 Å². The van der Waals surface area contributed by atoms with Crippen molar-refractivity contribution >= 4 is 27.4 Å². The number of fused-ring (bicyclic) bond motifs is 1. The summed E-state index contributed by atoms with van der Waals surface area (Å²) in [7, 11) is 0. The maximum absolute atomic E-state index is 13.9. The van der Waals surface area contributed by atoms with Crippen LogP contribution in [0.15, 0.2) is 42.5 Å². The molecule has 2 atom stereocenters. The van der Waals surface area contributed by atoms with Gasteiger partial charge >= 0.3 is 12.1 Å². The van der Waals surface area contributed by atoms with E-state index in [0.29, 0.717) is 5.75 Å². The largest absolute Gasteiger partial charge is 0.493 e. The Labute approximate surface area is 264 Å². The molecule has 0 saturated heterocycles. The maximum atomic E-state index is 13.9. The van der Waals surface area contributed by atoms with Crippen LogP contribution >= 0.6 is 11.3 Å². The van der Waals surface area contributed by atoms with Gasteiger partial charge in [-0.05, 0) is 107 Å². The summed E-state index contributed by atoms with van der Waals surface area (Å²) in [5.41, 5.74) is 13.3. The summed E-state index contributed by atoms with van der Waals surface area (Å²) in [6, 6.07) is 14.1. The highest BCUT2D eigenvalue weighted by molar-refractivity contribution is 7.22. The van der Waals surface area contributed by atoms with E-state index in [4.69, 9.17) is 20.9 Å². The SMILES string of the molecule is CCCCCc1ccc(-c2cc3ccc(OCC(COC(=O)C(C)(C)C(C)(N)CC(C)(C)N)C(F)(F)F)cc3s2)c(CC)c1. The molecule has 0 radical (unpaired) electrons. The molecule has 244 valence electrons. The van der Waals surface area contributed by atoms with Gasteiger partial charge in [-0.3, -0.25) is 4.79 Å². The average Bonchev–Trinajstić information content (AvgIpc) is 3.34. The summed E-state index contributed by atoms with van der Waals surface area (Å²) >= 11 is 1.59. The van der Waals surface area contributed by atoms with Gasteiger partial charge in [0.15, 0.2) is 0 Å². The standard InChI is InChI=1S/C35H49F3N2O3S/c1-8-10-11-12-23-13-16-28(24(9-2)17-23)30-18-25-14-15-27(19-29(25)44-30)42-20-26(35(36,37)38)21-43-31(41)33(5,6)34(7,40)22-32(3,4)39/h13-19,26H,8-12,20-22,39-40H2,1-7H3. The Kier molecular flexibility index (Phi) is 11.6. The van der Waals surface area contributed by atoms with Crippen molar-refractivity contribution in [2.45, 2.75) is 104 Å². The number of aryl methyl sites for hydroxylation is 2. The zero-order valence-electron chi connectivity index (χ0n) is 27.2. The summed E-state index contributed by atoms with van der Waals surface area (Å²) in [6.07, 6.45) is 1.22. The van der Waals surface area contributed by atoms with Crippen LogP contribution in [0.25, 0.3) is 20.5 Å². The molecule has 4 N–H and O–H groups in total. The zero-order chi connectivity index (χ0) is 32.9. The fourth-order valence-electron chi connectivity index (χ4n) is 5.34. The van der Waals surface area contributed by atoms with E-state index in [9.17, 15) is 18.0 Å². The van der Waals surface area contributed by atoms with Crippen molar-refractivity contribution in [2.24, 2.45) is 22.8 Å². The Morgan fingerprint density at radius 3 is 2.25 bits per heavy atom. The molecule has 2 aromatic carbocycles. The molecule has 0 spiro atoms. The number of nitrogens with two attached hydrogens (primary N) is 2. The van der Waals surface area contributed by atoms with E-state index in [1.807, 2.05) is 6.07 Å². The third-order valence-corrected chi connectivity index (χ3v) is 9.60. The van der Waals surface area contributed by atoms with Crippen molar-refractivity contribution in [3.63, 3.8) is 0 Å². The van der Waals surface area contributed by atoms with Crippen LogP contribution in [0.1, 0.15) is 85.3 Å². The van der Waals surface area contributed by atoms with Crippen LogP contribution in [0, 0.1) is 11.3 Å². The van der Waals surface area contributed by atoms with Crippen molar-refractivity contribution in [1.82, 2.24) is 0 Å². The lowest BCUT2D eigenvalue weighted by atomic mass is 9.68. The third kappa shape index (κ3) is 9.21. The van der Waals surface area contributed by atoms with Crippen LogP contribution in [0.3, 0.4) is 0 Å². The second-order valence-corrected chi connectivity index (χ2v) is 14.6. The van der Waals surface area contributed by atoms with Gasteiger partial charge in [0.2, 0.25) is 0 Å². The molecule has 9 heteroatoms. The number of carbonyl (C=O) groups excluding carboxylic acids is 1. The van der Waals surface area contributed by atoms with E-state index in [2.05, 4.69) is 38.1 Å². The number of rotatable bonds is 15. The molecule has 3 aromatic rings. The van der Waals surface area contributed by atoms with Gasteiger partial charge in [0.25, 0.3) is 0 Å². The predicted octanol–water partition coefficient (Wildman–Crippen LogP) is 8.83. The van der Waals surface area contributed by atoms with Crippen LogP contribution in [-0.2, 0) is 22.4 Å². The molecular formula is C35H49F3N2O3S. The summed E-state index contributed by atoms with van der Waals surface area (Å²) in [5, 5.41) is 1.00. The van der Waals surface area contributed by atoms with Crippen molar-refractivity contribution in [3.05, 3.63) is 53.6 Å². The number of esters is 1. The quantitative estimate of drug-likeness (QED) is 0.129. The van der Waals surface area contributed by atoms with Gasteiger partial charge < -0.3 is 20.9 Å². The fourth-order valence-corrected chi connectivity index (χ4v) is 6.49. The Morgan fingerprint density at radius 2 is 1.64 bits per heavy atom. The molecule has 2 unspecified atom stereocenters. The molecule has 5 nitrogen and oxygen atoms in total. The number of benzene rings is 2. The highest BCUT2D eigenvalue weighted by atomic mass is 32.1. The van der Waals surface area contributed by atoms with Gasteiger partial charge in [-0.25, -0.2) is 0 Å². The van der Waals surface area contributed by atoms with Gasteiger partial charge in [0.05, 0.1) is 5.41 Å². The lowest BCUT2D eigenvalue weighted by molar-refractivity contribution is -0.200. The zero-order valence-corrected chi connectivity index (χ0v) is 28.0. The Bertz CT molecular complexity index is 1410. The number of thiophene rings is 1. The molecule has 0 aliphatic heterocycles. The number of unbranched alkanes of at least 4 members (excludes halogenated alkanes) is 2. The first-order valence-electron chi connectivity index (χ1n) is 15.5. The molecule has 0 amide bonds. The van der Waals surface area contributed by atoms with E-state index < -0.39 is 47.8 Å². The van der Waals surface area contributed by atoms with Gasteiger partial charge in [0.1, 0.15) is 24.9 Å². The number of alkyl halides is 3.